The van der Waals surface area contributed by atoms with Crippen LogP contribution in [-0.2, 0) is 11.8 Å². The first-order chi connectivity index (χ1) is 12.6. The molecule has 3 heterocycles. The Morgan fingerprint density at radius 3 is 2.50 bits per heavy atom. The molecule has 0 atom stereocenters. The number of amides is 1. The minimum Gasteiger partial charge on any atom is -0.357 e. The lowest BCUT2D eigenvalue weighted by Crippen LogP contribution is -2.30. The van der Waals surface area contributed by atoms with Crippen molar-refractivity contribution in [1.82, 2.24) is 19.7 Å². The van der Waals surface area contributed by atoms with Gasteiger partial charge >= 0.3 is 0 Å². The van der Waals surface area contributed by atoms with Crippen LogP contribution in [0.2, 0.25) is 0 Å². The van der Waals surface area contributed by atoms with Crippen molar-refractivity contribution in [2.24, 2.45) is 7.05 Å². The number of rotatable bonds is 2. The van der Waals surface area contributed by atoms with Crippen molar-refractivity contribution in [2.45, 2.75) is 6.42 Å². The molecule has 0 radical (unpaired) electrons. The van der Waals surface area contributed by atoms with Crippen LogP contribution in [0.1, 0.15) is 12.0 Å². The molecule has 26 heavy (non-hydrogen) atoms. The molecule has 0 fully saturated rings. The number of para-hydroxylation sites is 2. The SMILES string of the molecule is CN1CCCN(C(=O)/C=C/c2cnn(C)c2)c2nc3ccccc3nc21. The number of hydrogen-bond donors (Lipinski definition) is 0. The van der Waals surface area contributed by atoms with Crippen LogP contribution in [0, 0.1) is 0 Å². The number of aryl methyl sites for hydroxylation is 1. The molecule has 2 aromatic heterocycles. The minimum atomic E-state index is -0.102. The smallest absolute Gasteiger partial charge is 0.252 e. The first-order valence-corrected chi connectivity index (χ1v) is 8.58. The number of anilines is 2. The average Bonchev–Trinajstić information content (AvgIpc) is 3.00. The van der Waals surface area contributed by atoms with Crippen LogP contribution in [0.3, 0.4) is 0 Å². The van der Waals surface area contributed by atoms with Crippen LogP contribution in [0.5, 0.6) is 0 Å². The predicted octanol–water partition coefficient (Wildman–Crippen LogP) is 2.25. The Morgan fingerprint density at radius 1 is 1.08 bits per heavy atom. The fourth-order valence-electron chi connectivity index (χ4n) is 3.09. The summed E-state index contributed by atoms with van der Waals surface area (Å²) in [7, 11) is 3.84. The van der Waals surface area contributed by atoms with Crippen molar-refractivity contribution >= 4 is 34.7 Å². The predicted molar refractivity (Wildman–Crippen MR) is 102 cm³/mol. The average molecular weight is 348 g/mol. The van der Waals surface area contributed by atoms with E-state index in [0.717, 1.165) is 35.4 Å². The highest BCUT2D eigenvalue weighted by molar-refractivity contribution is 6.05. The van der Waals surface area contributed by atoms with Gasteiger partial charge in [-0.3, -0.25) is 14.4 Å². The number of aromatic nitrogens is 4. The van der Waals surface area contributed by atoms with Crippen molar-refractivity contribution < 1.29 is 4.79 Å². The highest BCUT2D eigenvalue weighted by atomic mass is 16.2. The fourth-order valence-corrected chi connectivity index (χ4v) is 3.09. The molecule has 0 saturated heterocycles. The molecule has 0 spiro atoms. The van der Waals surface area contributed by atoms with Crippen LogP contribution in [0.4, 0.5) is 11.6 Å². The molecular weight excluding hydrogens is 328 g/mol. The molecule has 7 heteroatoms. The van der Waals surface area contributed by atoms with Gasteiger partial charge in [-0.2, -0.15) is 5.10 Å². The first kappa shape index (κ1) is 16.3. The molecule has 0 saturated carbocycles. The van der Waals surface area contributed by atoms with E-state index in [0.29, 0.717) is 12.4 Å². The number of carbonyl (C=O) groups excluding carboxylic acids is 1. The van der Waals surface area contributed by atoms with E-state index in [-0.39, 0.29) is 5.91 Å². The van der Waals surface area contributed by atoms with Crippen molar-refractivity contribution in [2.75, 3.05) is 29.9 Å². The topological polar surface area (TPSA) is 67.2 Å². The summed E-state index contributed by atoms with van der Waals surface area (Å²) in [6.07, 6.45) is 7.79. The van der Waals surface area contributed by atoms with E-state index in [1.165, 1.54) is 0 Å². The van der Waals surface area contributed by atoms with Gasteiger partial charge in [-0.15, -0.1) is 0 Å². The first-order valence-electron chi connectivity index (χ1n) is 8.58. The molecular formula is C19H20N6O. The van der Waals surface area contributed by atoms with Crippen LogP contribution < -0.4 is 9.80 Å². The van der Waals surface area contributed by atoms with E-state index in [9.17, 15) is 4.79 Å². The summed E-state index contributed by atoms with van der Waals surface area (Å²) < 4.78 is 1.71. The van der Waals surface area contributed by atoms with E-state index in [4.69, 9.17) is 9.97 Å². The number of fused-ring (bicyclic) bond motifs is 2. The Labute approximate surface area is 151 Å². The summed E-state index contributed by atoms with van der Waals surface area (Å²) in [4.78, 5) is 26.1. The lowest BCUT2D eigenvalue weighted by atomic mass is 10.3. The van der Waals surface area contributed by atoms with Gasteiger partial charge in [0.2, 0.25) is 0 Å². The Balaban J connectivity index is 1.72. The molecule has 3 aromatic rings. The lowest BCUT2D eigenvalue weighted by molar-refractivity contribution is -0.114. The largest absolute Gasteiger partial charge is 0.357 e. The molecule has 1 amide bonds. The molecule has 0 aliphatic carbocycles. The minimum absolute atomic E-state index is 0.102. The van der Waals surface area contributed by atoms with Gasteiger partial charge in [0, 0.05) is 45.0 Å². The highest BCUT2D eigenvalue weighted by Gasteiger charge is 2.25. The number of nitrogens with zero attached hydrogens (tertiary/aromatic N) is 6. The van der Waals surface area contributed by atoms with Crippen LogP contribution >= 0.6 is 0 Å². The van der Waals surface area contributed by atoms with E-state index in [1.54, 1.807) is 27.9 Å². The van der Waals surface area contributed by atoms with Crippen molar-refractivity contribution in [3.8, 4) is 0 Å². The molecule has 1 aromatic carbocycles. The van der Waals surface area contributed by atoms with Crippen LogP contribution in [0.25, 0.3) is 17.1 Å². The Kier molecular flexibility index (Phi) is 4.12. The summed E-state index contributed by atoms with van der Waals surface area (Å²) in [6.45, 7) is 1.44. The monoisotopic (exact) mass is 348 g/mol. The Morgan fingerprint density at radius 2 is 1.81 bits per heavy atom. The third-order valence-corrected chi connectivity index (χ3v) is 4.44. The van der Waals surface area contributed by atoms with Gasteiger partial charge in [0.1, 0.15) is 0 Å². The highest BCUT2D eigenvalue weighted by Crippen LogP contribution is 2.30. The second kappa shape index (κ2) is 6.59. The zero-order valence-corrected chi connectivity index (χ0v) is 14.8. The molecule has 1 aliphatic rings. The quantitative estimate of drug-likeness (QED) is 0.665. The summed E-state index contributed by atoms with van der Waals surface area (Å²) >= 11 is 0. The number of carbonyl (C=O) groups is 1. The number of benzene rings is 1. The molecule has 1 aliphatic heterocycles. The van der Waals surface area contributed by atoms with E-state index in [2.05, 4.69) is 10.00 Å². The van der Waals surface area contributed by atoms with Gasteiger partial charge in [0.25, 0.3) is 5.91 Å². The number of hydrogen-bond acceptors (Lipinski definition) is 5. The Bertz CT molecular complexity index is 993. The lowest BCUT2D eigenvalue weighted by Gasteiger charge is -2.21. The van der Waals surface area contributed by atoms with Gasteiger partial charge < -0.3 is 4.90 Å². The normalized spacial score (nSPS) is 14.7. The summed E-state index contributed by atoms with van der Waals surface area (Å²) in [5, 5.41) is 4.11. The fraction of sp³-hybridized carbons (Fsp3) is 0.263. The van der Waals surface area contributed by atoms with Gasteiger partial charge in [0.05, 0.1) is 17.2 Å². The second-order valence-electron chi connectivity index (χ2n) is 6.41. The van der Waals surface area contributed by atoms with Crippen LogP contribution in [-0.4, -0.2) is 45.8 Å². The van der Waals surface area contributed by atoms with Gasteiger partial charge in [0.15, 0.2) is 11.6 Å². The summed E-state index contributed by atoms with van der Waals surface area (Å²) in [6, 6.07) is 7.73. The maximum atomic E-state index is 12.9. The molecule has 4 rings (SSSR count). The Hall–Kier alpha value is -3.22. The van der Waals surface area contributed by atoms with Crippen molar-refractivity contribution in [1.29, 1.82) is 0 Å². The van der Waals surface area contributed by atoms with Gasteiger partial charge in [-0.1, -0.05) is 12.1 Å². The van der Waals surface area contributed by atoms with Crippen molar-refractivity contribution in [3.63, 3.8) is 0 Å². The zero-order chi connectivity index (χ0) is 18.1. The molecule has 0 bridgehead atoms. The third kappa shape index (κ3) is 3.03. The molecule has 0 unspecified atom stereocenters. The molecule has 0 N–H and O–H groups in total. The summed E-state index contributed by atoms with van der Waals surface area (Å²) in [5.41, 5.74) is 2.51. The third-order valence-electron chi connectivity index (χ3n) is 4.44. The molecule has 7 nitrogen and oxygen atoms in total. The second-order valence-corrected chi connectivity index (χ2v) is 6.41. The van der Waals surface area contributed by atoms with E-state index < -0.39 is 0 Å². The van der Waals surface area contributed by atoms with Gasteiger partial charge in [-0.25, -0.2) is 9.97 Å². The molecule has 132 valence electrons. The maximum absolute atomic E-state index is 12.9. The zero-order valence-electron chi connectivity index (χ0n) is 14.8. The van der Waals surface area contributed by atoms with Crippen molar-refractivity contribution in [3.05, 3.63) is 48.3 Å². The van der Waals surface area contributed by atoms with E-state index in [1.807, 2.05) is 44.6 Å². The standard InChI is InChI=1S/C19H20N6O/c1-23-10-5-11-25(17(26)9-8-14-12-20-24(2)13-14)19-18(23)21-15-6-3-4-7-16(15)22-19/h3-4,6-9,12-13H,5,10-11H2,1-2H3/b9-8+. The van der Waals surface area contributed by atoms with E-state index >= 15 is 0 Å². The maximum Gasteiger partial charge on any atom is 0.252 e. The van der Waals surface area contributed by atoms with Gasteiger partial charge in [-0.05, 0) is 24.6 Å². The summed E-state index contributed by atoms with van der Waals surface area (Å²) in [5.74, 6) is 1.25. The van der Waals surface area contributed by atoms with Crippen LogP contribution in [0.15, 0.2) is 42.7 Å².